The van der Waals surface area contributed by atoms with Crippen molar-refractivity contribution >= 4 is 46.7 Å². The summed E-state index contributed by atoms with van der Waals surface area (Å²) in [4.78, 5) is 80.2. The zero-order chi connectivity index (χ0) is 29.8. The maximum atomic E-state index is 14.2. The summed E-state index contributed by atoms with van der Waals surface area (Å²) in [7, 11) is -4.98. The van der Waals surface area contributed by atoms with E-state index >= 15 is 0 Å². The molecule has 42 heavy (non-hydrogen) atoms. The Morgan fingerprint density at radius 3 is 2.64 bits per heavy atom. The highest BCUT2D eigenvalue weighted by Gasteiger charge is 2.47. The number of alkyl halides is 1. The van der Waals surface area contributed by atoms with Gasteiger partial charge in [0.25, 0.3) is 5.91 Å². The molecule has 0 spiro atoms. The molecule has 0 aliphatic carbocycles. The lowest BCUT2D eigenvalue weighted by Gasteiger charge is -2.42. The number of nitrogens with zero attached hydrogens (tertiary/aromatic N) is 3. The average molecular weight is 618 g/mol. The number of halogens is 1. The smallest absolute Gasteiger partial charge is 0.340 e. The van der Waals surface area contributed by atoms with Crippen LogP contribution in [0.4, 0.5) is 4.39 Å². The molecule has 3 aliphatic heterocycles. The number of amides is 3. The number of nitrogens with one attached hydrogen (secondary N) is 2. The van der Waals surface area contributed by atoms with E-state index in [4.69, 9.17) is 9.79 Å². The number of carbonyl (C=O) groups is 3. The Hall–Kier alpha value is -3.45. The summed E-state index contributed by atoms with van der Waals surface area (Å²) >= 11 is 1.13. The van der Waals surface area contributed by atoms with E-state index in [0.717, 1.165) is 23.5 Å². The standard InChI is InChI=1S/C27H29FN5O7PS/c28-23(41(38,39)40)14-4-7-21-15(10-14)11-22(42-21)24(34)30-19-3-1-2-17-5-6-20(33(17)25(19)35)26(36)32-12-16(13-32)18-8-9-29-27(37)31-18/h4,7-11,16-17,19-20,23H,1-3,5-6,12-13H2,(H,30,34)(H,29,31,37)(H2,38,39,40)/t17?,19-,20-,23?/m0/s1. The Morgan fingerprint density at radius 2 is 1.90 bits per heavy atom. The van der Waals surface area contributed by atoms with E-state index in [1.165, 1.54) is 30.5 Å². The first kappa shape index (κ1) is 28.7. The number of thiophene rings is 1. The second-order valence-electron chi connectivity index (χ2n) is 11.1. The van der Waals surface area contributed by atoms with Crippen LogP contribution in [-0.2, 0) is 14.2 Å². The summed E-state index contributed by atoms with van der Waals surface area (Å²) in [5.41, 5.74) is 0.103. The van der Waals surface area contributed by atoms with Gasteiger partial charge in [0.1, 0.15) is 12.1 Å². The Bertz CT molecular complexity index is 1670. The number of hydrogen-bond donors (Lipinski definition) is 4. The third-order valence-corrected chi connectivity index (χ3v) is 10.3. The molecule has 5 heterocycles. The third kappa shape index (κ3) is 5.39. The second-order valence-corrected chi connectivity index (χ2v) is 13.8. The van der Waals surface area contributed by atoms with Crippen LogP contribution >= 0.6 is 18.9 Å². The Labute approximate surface area is 243 Å². The molecule has 0 radical (unpaired) electrons. The molecule has 3 aliphatic rings. The van der Waals surface area contributed by atoms with Crippen LogP contribution in [0.3, 0.4) is 0 Å². The van der Waals surface area contributed by atoms with Crippen molar-refractivity contribution in [3.8, 4) is 0 Å². The number of H-pyrrole nitrogens is 1. The lowest BCUT2D eigenvalue weighted by Crippen LogP contribution is -2.58. The van der Waals surface area contributed by atoms with Crippen molar-refractivity contribution in [2.45, 2.75) is 62.1 Å². The minimum absolute atomic E-state index is 0.00121. The van der Waals surface area contributed by atoms with Crippen LogP contribution in [0.2, 0.25) is 0 Å². The van der Waals surface area contributed by atoms with Crippen molar-refractivity contribution in [3.05, 3.63) is 63.1 Å². The van der Waals surface area contributed by atoms with Crippen LogP contribution in [0, 0.1) is 0 Å². The molecular formula is C27H29FN5O7PS. The molecule has 4 atom stereocenters. The maximum absolute atomic E-state index is 14.2. The summed E-state index contributed by atoms with van der Waals surface area (Å²) in [6, 6.07) is 5.82. The molecular weight excluding hydrogens is 588 g/mol. The van der Waals surface area contributed by atoms with Crippen LogP contribution in [0.25, 0.3) is 10.1 Å². The number of carbonyl (C=O) groups excluding carboxylic acids is 3. The van der Waals surface area contributed by atoms with Crippen LogP contribution in [0.5, 0.6) is 0 Å². The monoisotopic (exact) mass is 617 g/mol. The fourth-order valence-electron chi connectivity index (χ4n) is 6.17. The maximum Gasteiger partial charge on any atom is 0.363 e. The van der Waals surface area contributed by atoms with Crippen LogP contribution < -0.4 is 11.0 Å². The highest BCUT2D eigenvalue weighted by Crippen LogP contribution is 2.53. The Balaban J connectivity index is 1.14. The van der Waals surface area contributed by atoms with Gasteiger partial charge in [-0.25, -0.2) is 14.2 Å². The van der Waals surface area contributed by atoms with Crippen LogP contribution in [-0.4, -0.2) is 78.5 Å². The minimum atomic E-state index is -4.98. The van der Waals surface area contributed by atoms with Crippen molar-refractivity contribution < 1.29 is 33.1 Å². The van der Waals surface area contributed by atoms with Gasteiger partial charge >= 0.3 is 13.3 Å². The lowest BCUT2D eigenvalue weighted by molar-refractivity contribution is -0.148. The van der Waals surface area contributed by atoms with E-state index < -0.39 is 37.2 Å². The molecule has 6 rings (SSSR count). The number of likely N-dealkylation sites (tertiary alicyclic amines) is 1. The normalized spacial score (nSPS) is 23.8. The number of benzene rings is 1. The molecule has 12 nitrogen and oxygen atoms in total. The van der Waals surface area contributed by atoms with Gasteiger partial charge in [0.15, 0.2) is 0 Å². The van der Waals surface area contributed by atoms with E-state index in [1.807, 2.05) is 0 Å². The third-order valence-electron chi connectivity index (χ3n) is 8.34. The first-order valence-electron chi connectivity index (χ1n) is 13.7. The quantitative estimate of drug-likeness (QED) is 0.305. The van der Waals surface area contributed by atoms with Gasteiger partial charge in [0, 0.05) is 41.6 Å². The number of aromatic nitrogens is 2. The SMILES string of the molecule is O=C(N[C@H]1CCCC2CC[C@@H](C(=O)N3CC(c4ccnc(=O)[nH]4)C3)N2C1=O)c1cc2cc(C(F)P(=O)(O)O)ccc2s1. The fraction of sp³-hybridized carbons (Fsp3) is 0.444. The Kier molecular flexibility index (Phi) is 7.50. The number of rotatable bonds is 6. The van der Waals surface area contributed by atoms with Crippen LogP contribution in [0.15, 0.2) is 41.3 Å². The molecule has 1 aromatic carbocycles. The van der Waals surface area contributed by atoms with Crippen molar-refractivity contribution in [2.75, 3.05) is 13.1 Å². The average Bonchev–Trinajstić information content (AvgIpc) is 3.51. The second kappa shape index (κ2) is 11.0. The van der Waals surface area contributed by atoms with Gasteiger partial charge in [-0.2, -0.15) is 0 Å². The molecule has 3 saturated heterocycles. The summed E-state index contributed by atoms with van der Waals surface area (Å²) < 4.78 is 26.1. The van der Waals surface area contributed by atoms with Gasteiger partial charge < -0.3 is 29.9 Å². The highest BCUT2D eigenvalue weighted by atomic mass is 32.1. The van der Waals surface area contributed by atoms with Gasteiger partial charge in [-0.3, -0.25) is 18.9 Å². The van der Waals surface area contributed by atoms with E-state index in [-0.39, 0.29) is 34.2 Å². The Morgan fingerprint density at radius 1 is 1.12 bits per heavy atom. The molecule has 2 aromatic heterocycles. The molecule has 3 amide bonds. The molecule has 3 aromatic rings. The highest BCUT2D eigenvalue weighted by molar-refractivity contribution is 7.51. The summed E-state index contributed by atoms with van der Waals surface area (Å²) in [5, 5.41) is 3.29. The van der Waals surface area contributed by atoms with Gasteiger partial charge in [-0.05, 0) is 67.3 Å². The first-order chi connectivity index (χ1) is 20.0. The molecule has 15 heteroatoms. The van der Waals surface area contributed by atoms with Gasteiger partial charge in [0.2, 0.25) is 17.7 Å². The zero-order valence-electron chi connectivity index (χ0n) is 22.3. The number of hydrogen-bond acceptors (Lipinski definition) is 7. The van der Waals surface area contributed by atoms with Crippen molar-refractivity contribution in [1.29, 1.82) is 0 Å². The summed E-state index contributed by atoms with van der Waals surface area (Å²) in [6.45, 7) is 0.875. The predicted molar refractivity (Wildman–Crippen MR) is 151 cm³/mol. The molecule has 2 unspecified atom stereocenters. The lowest BCUT2D eigenvalue weighted by atomic mass is 9.94. The zero-order valence-corrected chi connectivity index (χ0v) is 24.0. The van der Waals surface area contributed by atoms with Crippen LogP contribution in [0.1, 0.15) is 64.9 Å². The summed E-state index contributed by atoms with van der Waals surface area (Å²) in [6.07, 6.45) is 4.56. The van der Waals surface area contributed by atoms with Gasteiger partial charge in [-0.15, -0.1) is 11.3 Å². The van der Waals surface area contributed by atoms with E-state index in [2.05, 4.69) is 15.3 Å². The first-order valence-corrected chi connectivity index (χ1v) is 16.2. The minimum Gasteiger partial charge on any atom is -0.340 e. The molecule has 0 saturated carbocycles. The molecule has 0 bridgehead atoms. The predicted octanol–water partition coefficient (Wildman–Crippen LogP) is 2.40. The van der Waals surface area contributed by atoms with Gasteiger partial charge in [0.05, 0.1) is 4.88 Å². The number of fused-ring (bicyclic) bond motifs is 2. The molecule has 222 valence electrons. The summed E-state index contributed by atoms with van der Waals surface area (Å²) in [5.74, 6) is -3.37. The van der Waals surface area contributed by atoms with E-state index in [0.29, 0.717) is 48.9 Å². The van der Waals surface area contributed by atoms with Gasteiger partial charge in [-0.1, -0.05) is 6.07 Å². The largest absolute Gasteiger partial charge is 0.363 e. The number of aromatic amines is 1. The fourth-order valence-corrected chi connectivity index (χ4v) is 7.66. The van der Waals surface area contributed by atoms with E-state index in [9.17, 15) is 28.1 Å². The molecule has 3 fully saturated rings. The van der Waals surface area contributed by atoms with Crippen molar-refractivity contribution in [2.24, 2.45) is 0 Å². The van der Waals surface area contributed by atoms with Crippen molar-refractivity contribution in [3.63, 3.8) is 0 Å². The van der Waals surface area contributed by atoms with E-state index in [1.54, 1.807) is 15.9 Å². The topological polar surface area (TPSA) is 173 Å². The van der Waals surface area contributed by atoms with Crippen molar-refractivity contribution in [1.82, 2.24) is 25.1 Å². The molecule has 4 N–H and O–H groups in total.